The molecule has 7 heteroatoms. The molecule has 1 aromatic carbocycles. The van der Waals surface area contributed by atoms with Gasteiger partial charge in [0.1, 0.15) is 11.4 Å². The first kappa shape index (κ1) is 17.0. The van der Waals surface area contributed by atoms with Crippen LogP contribution in [-0.2, 0) is 4.79 Å². The fraction of sp³-hybridized carbons (Fsp3) is 0.200. The number of aromatic nitrogens is 3. The summed E-state index contributed by atoms with van der Waals surface area (Å²) in [5.74, 6) is -2.01. The predicted molar refractivity (Wildman–Crippen MR) is 98.0 cm³/mol. The van der Waals surface area contributed by atoms with Crippen molar-refractivity contribution in [2.45, 2.75) is 5.92 Å². The molecular weight excluding hydrogens is 344 g/mol. The van der Waals surface area contributed by atoms with Gasteiger partial charge in [-0.2, -0.15) is 5.10 Å². The molecule has 4 rings (SSSR count). The molecule has 27 heavy (non-hydrogen) atoms. The minimum atomic E-state index is -0.891. The van der Waals surface area contributed by atoms with Crippen LogP contribution in [0.1, 0.15) is 22.0 Å². The summed E-state index contributed by atoms with van der Waals surface area (Å²) in [6.07, 6.45) is 1.66. The second-order valence-electron chi connectivity index (χ2n) is 6.55. The van der Waals surface area contributed by atoms with E-state index in [4.69, 9.17) is 0 Å². The summed E-state index contributed by atoms with van der Waals surface area (Å²) in [4.78, 5) is 30.4. The molecule has 1 saturated heterocycles. The third kappa shape index (κ3) is 3.31. The van der Waals surface area contributed by atoms with Crippen LogP contribution in [0.2, 0.25) is 0 Å². The summed E-state index contributed by atoms with van der Waals surface area (Å²) in [6.45, 7) is 0.531. The van der Waals surface area contributed by atoms with Gasteiger partial charge in [-0.1, -0.05) is 36.4 Å². The van der Waals surface area contributed by atoms with Crippen molar-refractivity contribution in [3.8, 4) is 11.4 Å². The summed E-state index contributed by atoms with van der Waals surface area (Å²) in [6, 6.07) is 16.6. The van der Waals surface area contributed by atoms with E-state index in [0.717, 1.165) is 5.56 Å². The number of likely N-dealkylation sites (tertiary alicyclic amines) is 1. The van der Waals surface area contributed by atoms with Gasteiger partial charge in [-0.25, -0.2) is 0 Å². The highest BCUT2D eigenvalue weighted by atomic mass is 16.4. The van der Waals surface area contributed by atoms with Crippen LogP contribution in [0, 0.1) is 5.92 Å². The zero-order valence-electron chi connectivity index (χ0n) is 14.4. The molecule has 136 valence electrons. The van der Waals surface area contributed by atoms with Crippen LogP contribution in [0.25, 0.3) is 11.4 Å². The van der Waals surface area contributed by atoms with Crippen LogP contribution in [0.15, 0.2) is 60.8 Å². The van der Waals surface area contributed by atoms with E-state index in [0.29, 0.717) is 23.6 Å². The highest BCUT2D eigenvalue weighted by Gasteiger charge is 2.40. The van der Waals surface area contributed by atoms with Crippen molar-refractivity contribution in [1.29, 1.82) is 0 Å². The quantitative estimate of drug-likeness (QED) is 0.742. The van der Waals surface area contributed by atoms with E-state index in [9.17, 15) is 14.7 Å². The fourth-order valence-electron chi connectivity index (χ4n) is 3.50. The van der Waals surface area contributed by atoms with E-state index in [-0.39, 0.29) is 18.4 Å². The molecule has 1 amide bonds. The first-order chi connectivity index (χ1) is 13.1. The van der Waals surface area contributed by atoms with Crippen molar-refractivity contribution in [3.63, 3.8) is 0 Å². The van der Waals surface area contributed by atoms with Gasteiger partial charge in [0.25, 0.3) is 5.91 Å². The predicted octanol–water partition coefficient (Wildman–Crippen LogP) is 2.41. The molecular formula is C20H18N4O3. The molecule has 0 saturated carbocycles. The number of benzene rings is 1. The number of rotatable bonds is 4. The number of carbonyl (C=O) groups excluding carboxylic acids is 1. The maximum atomic E-state index is 12.9. The van der Waals surface area contributed by atoms with E-state index in [2.05, 4.69) is 15.2 Å². The number of H-pyrrole nitrogens is 1. The lowest BCUT2D eigenvalue weighted by molar-refractivity contribution is -0.141. The van der Waals surface area contributed by atoms with Gasteiger partial charge in [0.2, 0.25) is 0 Å². The summed E-state index contributed by atoms with van der Waals surface area (Å²) >= 11 is 0. The van der Waals surface area contributed by atoms with Gasteiger partial charge >= 0.3 is 5.97 Å². The lowest BCUT2D eigenvalue weighted by Crippen LogP contribution is -2.30. The number of nitrogens with zero attached hydrogens (tertiary/aromatic N) is 3. The first-order valence-corrected chi connectivity index (χ1v) is 8.67. The van der Waals surface area contributed by atoms with Crippen LogP contribution in [0.5, 0.6) is 0 Å². The number of pyridine rings is 1. The number of carboxylic acids is 1. The standard InChI is InChI=1S/C20H18N4O3/c25-19(18-10-17(22-23-18)16-8-4-5-9-21-16)24-11-14(15(12-24)20(26)27)13-6-2-1-3-7-13/h1-10,14-15H,11-12H2,(H,22,23)(H,26,27)/t14-,15+/m0/s1. The van der Waals surface area contributed by atoms with Crippen molar-refractivity contribution in [2.24, 2.45) is 5.92 Å². The molecule has 1 aliphatic heterocycles. The normalized spacial score (nSPS) is 19.2. The van der Waals surface area contributed by atoms with E-state index < -0.39 is 11.9 Å². The molecule has 0 radical (unpaired) electrons. The second kappa shape index (κ2) is 7.03. The minimum absolute atomic E-state index is 0.172. The highest BCUT2D eigenvalue weighted by Crippen LogP contribution is 2.33. The summed E-state index contributed by atoms with van der Waals surface area (Å²) in [5.41, 5.74) is 2.50. The van der Waals surface area contributed by atoms with Crippen molar-refractivity contribution in [1.82, 2.24) is 20.1 Å². The molecule has 2 N–H and O–H groups in total. The number of carbonyl (C=O) groups is 2. The SMILES string of the molecule is O=C(O)[C@@H]1CN(C(=O)c2cc(-c3ccccn3)n[nH]2)C[C@H]1c1ccccc1. The van der Waals surface area contributed by atoms with E-state index in [1.807, 2.05) is 48.5 Å². The first-order valence-electron chi connectivity index (χ1n) is 8.67. The number of hydrogen-bond acceptors (Lipinski definition) is 4. The maximum absolute atomic E-state index is 12.9. The zero-order chi connectivity index (χ0) is 18.8. The van der Waals surface area contributed by atoms with Gasteiger partial charge < -0.3 is 10.0 Å². The number of hydrogen-bond donors (Lipinski definition) is 2. The Bertz CT molecular complexity index is 956. The monoisotopic (exact) mass is 362 g/mol. The molecule has 2 atom stereocenters. The van der Waals surface area contributed by atoms with Crippen molar-refractivity contribution in [2.75, 3.05) is 13.1 Å². The maximum Gasteiger partial charge on any atom is 0.308 e. The summed E-state index contributed by atoms with van der Waals surface area (Å²) in [7, 11) is 0. The van der Waals surface area contributed by atoms with Gasteiger partial charge in [0.05, 0.1) is 11.6 Å². The molecule has 0 bridgehead atoms. The van der Waals surface area contributed by atoms with Crippen LogP contribution in [0.3, 0.4) is 0 Å². The molecule has 1 fully saturated rings. The highest BCUT2D eigenvalue weighted by molar-refractivity contribution is 5.94. The summed E-state index contributed by atoms with van der Waals surface area (Å²) in [5, 5.41) is 16.5. The number of carboxylic acid groups (broad SMARTS) is 1. The van der Waals surface area contributed by atoms with Gasteiger partial charge in [-0.15, -0.1) is 0 Å². The van der Waals surface area contributed by atoms with E-state index in [1.54, 1.807) is 17.2 Å². The lowest BCUT2D eigenvalue weighted by atomic mass is 9.89. The molecule has 7 nitrogen and oxygen atoms in total. The van der Waals surface area contributed by atoms with E-state index in [1.165, 1.54) is 0 Å². The number of aliphatic carboxylic acids is 1. The Morgan fingerprint density at radius 3 is 2.52 bits per heavy atom. The molecule has 0 unspecified atom stereocenters. The van der Waals surface area contributed by atoms with E-state index >= 15 is 0 Å². The topological polar surface area (TPSA) is 99.2 Å². The minimum Gasteiger partial charge on any atom is -0.481 e. The molecule has 1 aliphatic rings. The average molecular weight is 362 g/mol. The molecule has 0 aliphatic carbocycles. The van der Waals surface area contributed by atoms with Gasteiger partial charge in [0.15, 0.2) is 0 Å². The molecule has 2 aromatic heterocycles. The number of amides is 1. The number of aromatic amines is 1. The average Bonchev–Trinajstić information content (AvgIpc) is 3.37. The number of nitrogens with one attached hydrogen (secondary N) is 1. The Balaban J connectivity index is 1.56. The zero-order valence-corrected chi connectivity index (χ0v) is 14.4. The Morgan fingerprint density at radius 2 is 1.81 bits per heavy atom. The van der Waals surface area contributed by atoms with Crippen LogP contribution in [-0.4, -0.2) is 50.2 Å². The Hall–Kier alpha value is -3.48. The van der Waals surface area contributed by atoms with Crippen LogP contribution in [0.4, 0.5) is 0 Å². The largest absolute Gasteiger partial charge is 0.481 e. The lowest BCUT2D eigenvalue weighted by Gasteiger charge is -2.15. The van der Waals surface area contributed by atoms with Gasteiger partial charge in [-0.3, -0.25) is 19.7 Å². The van der Waals surface area contributed by atoms with Crippen molar-refractivity contribution < 1.29 is 14.7 Å². The Labute approximate surface area is 155 Å². The van der Waals surface area contributed by atoms with Crippen molar-refractivity contribution in [3.05, 3.63) is 72.1 Å². The second-order valence-corrected chi connectivity index (χ2v) is 6.55. The van der Waals surface area contributed by atoms with Gasteiger partial charge in [-0.05, 0) is 23.8 Å². The smallest absolute Gasteiger partial charge is 0.308 e. The third-order valence-corrected chi connectivity index (χ3v) is 4.89. The Kier molecular flexibility index (Phi) is 4.42. The summed E-state index contributed by atoms with van der Waals surface area (Å²) < 4.78 is 0. The van der Waals surface area contributed by atoms with Crippen molar-refractivity contribution >= 4 is 11.9 Å². The molecule has 0 spiro atoms. The van der Waals surface area contributed by atoms with Crippen LogP contribution >= 0.6 is 0 Å². The Morgan fingerprint density at radius 1 is 1.04 bits per heavy atom. The van der Waals surface area contributed by atoms with Gasteiger partial charge in [0, 0.05) is 25.2 Å². The third-order valence-electron chi connectivity index (χ3n) is 4.89. The molecule has 3 aromatic rings. The van der Waals surface area contributed by atoms with Crippen LogP contribution < -0.4 is 0 Å². The fourth-order valence-corrected chi connectivity index (χ4v) is 3.50. The molecule has 3 heterocycles.